The van der Waals surface area contributed by atoms with Gasteiger partial charge in [-0.3, -0.25) is 4.79 Å². The summed E-state index contributed by atoms with van der Waals surface area (Å²) in [6.45, 7) is 2.16. The van der Waals surface area contributed by atoms with Crippen molar-refractivity contribution in [3.8, 4) is 0 Å². The lowest BCUT2D eigenvalue weighted by Crippen LogP contribution is -2.19. The molecule has 2 atom stereocenters. The molecule has 0 aliphatic carbocycles. The number of hydrogen-bond acceptors (Lipinski definition) is 3. The summed E-state index contributed by atoms with van der Waals surface area (Å²) in [5.74, 6) is -0.117. The second kappa shape index (κ2) is 8.29. The summed E-state index contributed by atoms with van der Waals surface area (Å²) in [7, 11) is 0. The van der Waals surface area contributed by atoms with Gasteiger partial charge >= 0.3 is 5.97 Å². The Morgan fingerprint density at radius 1 is 1.47 bits per heavy atom. The van der Waals surface area contributed by atoms with Crippen LogP contribution in [0, 0.1) is 0 Å². The van der Waals surface area contributed by atoms with Gasteiger partial charge in [0.2, 0.25) is 0 Å². The first-order chi connectivity index (χ1) is 8.22. The third kappa shape index (κ3) is 6.47. The number of aliphatic hydroxyl groups excluding tert-OH is 1. The van der Waals surface area contributed by atoms with Crippen LogP contribution in [0.3, 0.4) is 0 Å². The maximum Gasteiger partial charge on any atom is 0.306 e. The van der Waals surface area contributed by atoms with Crippen molar-refractivity contribution in [2.45, 2.75) is 70.5 Å². The second-order valence-electron chi connectivity index (χ2n) is 4.73. The largest absolute Gasteiger partial charge is 0.462 e. The second-order valence-corrected chi connectivity index (χ2v) is 4.73. The summed E-state index contributed by atoms with van der Waals surface area (Å²) in [4.78, 5) is 11.5. The van der Waals surface area contributed by atoms with Gasteiger partial charge in [-0.1, -0.05) is 31.9 Å². The van der Waals surface area contributed by atoms with Crippen molar-refractivity contribution in [1.82, 2.24) is 0 Å². The Bertz CT molecular complexity index is 248. The van der Waals surface area contributed by atoms with E-state index in [1.807, 2.05) is 12.2 Å². The number of cyclic esters (lactones) is 1. The molecule has 0 spiro atoms. The molecular weight excluding hydrogens is 216 g/mol. The molecule has 1 heterocycles. The minimum Gasteiger partial charge on any atom is -0.462 e. The molecule has 3 heteroatoms. The number of unbranched alkanes of at least 4 members (excludes halogenated alkanes) is 2. The average molecular weight is 240 g/mol. The smallest absolute Gasteiger partial charge is 0.306 e. The highest BCUT2D eigenvalue weighted by Crippen LogP contribution is 2.15. The SMILES string of the molecule is CCCCC[C@@H]1C/C=C/[C@@H](O)CCCC(=O)O1. The van der Waals surface area contributed by atoms with Crippen LogP contribution in [0.15, 0.2) is 12.2 Å². The predicted octanol–water partition coefficient (Wildman–Crippen LogP) is 2.97. The number of hydrogen-bond donors (Lipinski definition) is 1. The van der Waals surface area contributed by atoms with E-state index in [1.165, 1.54) is 12.8 Å². The van der Waals surface area contributed by atoms with Crippen molar-refractivity contribution in [3.05, 3.63) is 12.2 Å². The molecule has 0 aromatic rings. The molecule has 17 heavy (non-hydrogen) atoms. The lowest BCUT2D eigenvalue weighted by molar-refractivity contribution is -0.149. The molecule has 0 fully saturated rings. The number of carbonyl (C=O) groups is 1. The van der Waals surface area contributed by atoms with Gasteiger partial charge in [-0.25, -0.2) is 0 Å². The molecule has 0 radical (unpaired) electrons. The monoisotopic (exact) mass is 240 g/mol. The minimum absolute atomic E-state index is 0.00407. The fourth-order valence-corrected chi connectivity index (χ4v) is 2.03. The quantitative estimate of drug-likeness (QED) is 0.467. The van der Waals surface area contributed by atoms with Crippen LogP contribution in [0.2, 0.25) is 0 Å². The maximum absolute atomic E-state index is 11.5. The van der Waals surface area contributed by atoms with Crippen LogP contribution in [0.25, 0.3) is 0 Å². The summed E-state index contributed by atoms with van der Waals surface area (Å²) < 4.78 is 5.44. The van der Waals surface area contributed by atoms with Gasteiger partial charge in [0, 0.05) is 12.8 Å². The first kappa shape index (κ1) is 14.2. The van der Waals surface area contributed by atoms with Gasteiger partial charge in [-0.05, 0) is 25.7 Å². The van der Waals surface area contributed by atoms with Crippen LogP contribution in [0.4, 0.5) is 0 Å². The number of carbonyl (C=O) groups excluding carboxylic acids is 1. The molecule has 0 saturated heterocycles. The van der Waals surface area contributed by atoms with E-state index >= 15 is 0 Å². The van der Waals surface area contributed by atoms with Crippen molar-refractivity contribution >= 4 is 5.97 Å². The molecule has 98 valence electrons. The Balaban J connectivity index is 2.44. The van der Waals surface area contributed by atoms with E-state index in [0.717, 1.165) is 19.3 Å². The van der Waals surface area contributed by atoms with Crippen LogP contribution < -0.4 is 0 Å². The van der Waals surface area contributed by atoms with E-state index in [-0.39, 0.29) is 12.1 Å². The molecular formula is C14H24O3. The van der Waals surface area contributed by atoms with Gasteiger partial charge in [0.15, 0.2) is 0 Å². The van der Waals surface area contributed by atoms with Crippen molar-refractivity contribution in [3.63, 3.8) is 0 Å². The molecule has 0 aromatic heterocycles. The van der Waals surface area contributed by atoms with Crippen LogP contribution in [-0.4, -0.2) is 23.3 Å². The molecule has 1 N–H and O–H groups in total. The number of aliphatic hydroxyl groups is 1. The lowest BCUT2D eigenvalue weighted by Gasteiger charge is -2.18. The van der Waals surface area contributed by atoms with Crippen LogP contribution in [0.1, 0.15) is 58.3 Å². The molecule has 1 aliphatic heterocycles. The predicted molar refractivity (Wildman–Crippen MR) is 67.6 cm³/mol. The normalized spacial score (nSPS) is 28.5. The third-order valence-electron chi connectivity index (χ3n) is 3.07. The van der Waals surface area contributed by atoms with Gasteiger partial charge in [-0.15, -0.1) is 0 Å². The van der Waals surface area contributed by atoms with E-state index < -0.39 is 6.10 Å². The third-order valence-corrected chi connectivity index (χ3v) is 3.07. The van der Waals surface area contributed by atoms with E-state index in [0.29, 0.717) is 19.3 Å². The van der Waals surface area contributed by atoms with E-state index in [2.05, 4.69) is 6.92 Å². The molecule has 3 nitrogen and oxygen atoms in total. The Morgan fingerprint density at radius 3 is 3.06 bits per heavy atom. The Hall–Kier alpha value is -0.830. The molecule has 0 unspecified atom stereocenters. The van der Waals surface area contributed by atoms with Crippen molar-refractivity contribution in [1.29, 1.82) is 0 Å². The van der Waals surface area contributed by atoms with Gasteiger partial charge in [0.1, 0.15) is 6.10 Å². The zero-order chi connectivity index (χ0) is 12.5. The molecule has 0 aromatic carbocycles. The van der Waals surface area contributed by atoms with Crippen molar-refractivity contribution in [2.75, 3.05) is 0 Å². The summed E-state index contributed by atoms with van der Waals surface area (Å²) in [6, 6.07) is 0. The standard InChI is InChI=1S/C14H24O3/c1-2-3-4-9-13-10-5-7-12(15)8-6-11-14(16)17-13/h5,7,12-13,15H,2-4,6,8-11H2,1H3/b7-5+/t12-,13-/m1/s1. The molecule has 0 saturated carbocycles. The van der Waals surface area contributed by atoms with E-state index in [4.69, 9.17) is 4.74 Å². The van der Waals surface area contributed by atoms with Gasteiger partial charge in [-0.2, -0.15) is 0 Å². The van der Waals surface area contributed by atoms with Gasteiger partial charge in [0.05, 0.1) is 6.10 Å². The fraction of sp³-hybridized carbons (Fsp3) is 0.786. The summed E-state index contributed by atoms with van der Waals surface area (Å²) in [6.07, 6.45) is 10.2. The number of rotatable bonds is 4. The highest BCUT2D eigenvalue weighted by molar-refractivity contribution is 5.69. The minimum atomic E-state index is -0.405. The zero-order valence-electron chi connectivity index (χ0n) is 10.7. The Kier molecular flexibility index (Phi) is 6.94. The first-order valence-electron chi connectivity index (χ1n) is 6.76. The maximum atomic E-state index is 11.5. The average Bonchev–Trinajstić information content (AvgIpc) is 2.28. The van der Waals surface area contributed by atoms with Crippen LogP contribution >= 0.6 is 0 Å². The molecule has 0 bridgehead atoms. The fourth-order valence-electron chi connectivity index (χ4n) is 2.03. The highest BCUT2D eigenvalue weighted by atomic mass is 16.5. The van der Waals surface area contributed by atoms with Crippen molar-refractivity contribution < 1.29 is 14.6 Å². The molecule has 1 rings (SSSR count). The summed E-state index contributed by atoms with van der Waals surface area (Å²) >= 11 is 0. The van der Waals surface area contributed by atoms with Crippen LogP contribution in [-0.2, 0) is 9.53 Å². The zero-order valence-corrected chi connectivity index (χ0v) is 10.7. The van der Waals surface area contributed by atoms with E-state index in [1.54, 1.807) is 0 Å². The van der Waals surface area contributed by atoms with E-state index in [9.17, 15) is 9.90 Å². The topological polar surface area (TPSA) is 46.5 Å². The van der Waals surface area contributed by atoms with Gasteiger partial charge in [0.25, 0.3) is 0 Å². The number of esters is 1. The van der Waals surface area contributed by atoms with Gasteiger partial charge < -0.3 is 9.84 Å². The Labute approximate surface area is 104 Å². The van der Waals surface area contributed by atoms with Crippen molar-refractivity contribution in [2.24, 2.45) is 0 Å². The summed E-state index contributed by atoms with van der Waals surface area (Å²) in [5.41, 5.74) is 0. The number of ether oxygens (including phenoxy) is 1. The molecule has 0 amide bonds. The van der Waals surface area contributed by atoms with Crippen LogP contribution in [0.5, 0.6) is 0 Å². The first-order valence-corrected chi connectivity index (χ1v) is 6.76. The molecule has 1 aliphatic rings. The summed E-state index contributed by atoms with van der Waals surface area (Å²) in [5, 5.41) is 9.58. The lowest BCUT2D eigenvalue weighted by atomic mass is 10.1. The highest BCUT2D eigenvalue weighted by Gasteiger charge is 2.15. The Morgan fingerprint density at radius 2 is 2.29 bits per heavy atom.